The molecule has 0 amide bonds. The standard InChI is InChI=1S/C41H23N3O/c1-2-15-31-29(11-1)37-33(43(31)26-10-3-8-24(22-26)25-9-7-21-42-23-25)19-20-34-38(37)30-14-4-13-28-27-12-5-17-35-39(27)40-32(44(34)41(28)30)16-6-18-36(40)45-35/h1-23H. The van der Waals surface area contributed by atoms with Crippen molar-refractivity contribution in [1.82, 2.24) is 14.0 Å². The maximum absolute atomic E-state index is 6.41. The van der Waals surface area contributed by atoms with E-state index in [4.69, 9.17) is 4.42 Å². The molecule has 0 fully saturated rings. The van der Waals surface area contributed by atoms with Crippen LogP contribution >= 0.6 is 0 Å². The van der Waals surface area contributed by atoms with Gasteiger partial charge < -0.3 is 13.4 Å². The summed E-state index contributed by atoms with van der Waals surface area (Å²) in [6, 6.07) is 46.0. The number of hydrogen-bond acceptors (Lipinski definition) is 2. The molecule has 0 atom stereocenters. The molecule has 0 N–H and O–H groups in total. The number of fused-ring (bicyclic) bond motifs is 9. The van der Waals surface area contributed by atoms with Crippen molar-refractivity contribution in [3.05, 3.63) is 140 Å². The van der Waals surface area contributed by atoms with Crippen LogP contribution in [0, 0.1) is 0 Å². The smallest absolute Gasteiger partial charge is 0.137 e. The van der Waals surface area contributed by atoms with Crippen LogP contribution in [0.1, 0.15) is 0 Å². The number of rotatable bonds is 2. The van der Waals surface area contributed by atoms with Gasteiger partial charge in [-0.3, -0.25) is 4.98 Å². The molecule has 6 aromatic carbocycles. The fourth-order valence-corrected chi connectivity index (χ4v) is 7.98. The lowest BCUT2D eigenvalue weighted by molar-refractivity contribution is 0.669. The molecule has 4 nitrogen and oxygen atoms in total. The van der Waals surface area contributed by atoms with Gasteiger partial charge in [0.1, 0.15) is 11.2 Å². The molecule has 0 saturated carbocycles. The van der Waals surface area contributed by atoms with E-state index in [1.807, 2.05) is 18.5 Å². The predicted octanol–water partition coefficient (Wildman–Crippen LogP) is 10.9. The Morgan fingerprint density at radius 2 is 1.16 bits per heavy atom. The van der Waals surface area contributed by atoms with Gasteiger partial charge in [0.25, 0.3) is 0 Å². The highest BCUT2D eigenvalue weighted by Crippen LogP contribution is 2.46. The number of hydrogen-bond donors (Lipinski definition) is 0. The van der Waals surface area contributed by atoms with Crippen molar-refractivity contribution in [1.29, 1.82) is 0 Å². The van der Waals surface area contributed by atoms with Gasteiger partial charge in [-0.15, -0.1) is 0 Å². The van der Waals surface area contributed by atoms with E-state index >= 15 is 0 Å². The molecule has 0 unspecified atom stereocenters. The lowest BCUT2D eigenvalue weighted by Crippen LogP contribution is -1.94. The lowest BCUT2D eigenvalue weighted by atomic mass is 10.0. The number of furan rings is 1. The Labute approximate surface area is 256 Å². The van der Waals surface area contributed by atoms with Crippen molar-refractivity contribution in [3.63, 3.8) is 0 Å². The minimum Gasteiger partial charge on any atom is -0.456 e. The van der Waals surface area contributed by atoms with Gasteiger partial charge in [0.05, 0.1) is 33.0 Å². The van der Waals surface area contributed by atoms with Crippen LogP contribution in [0.15, 0.2) is 144 Å². The third-order valence-corrected chi connectivity index (χ3v) is 9.72. The summed E-state index contributed by atoms with van der Waals surface area (Å²) in [5, 5.41) is 9.87. The molecular weight excluding hydrogens is 550 g/mol. The van der Waals surface area contributed by atoms with Crippen LogP contribution in [0.25, 0.3) is 98.7 Å². The zero-order chi connectivity index (χ0) is 29.2. The molecule has 0 radical (unpaired) electrons. The van der Waals surface area contributed by atoms with E-state index in [9.17, 15) is 0 Å². The molecule has 0 aliphatic rings. The fourth-order valence-electron chi connectivity index (χ4n) is 7.98. The zero-order valence-corrected chi connectivity index (χ0v) is 24.0. The van der Waals surface area contributed by atoms with Crippen LogP contribution in [0.4, 0.5) is 0 Å². The normalized spacial score (nSPS) is 12.4. The van der Waals surface area contributed by atoms with E-state index in [0.29, 0.717) is 0 Å². The molecule has 0 aliphatic heterocycles. The van der Waals surface area contributed by atoms with Gasteiger partial charge in [0.2, 0.25) is 0 Å². The molecule has 11 rings (SSSR count). The van der Waals surface area contributed by atoms with E-state index in [1.54, 1.807) is 0 Å². The van der Waals surface area contributed by atoms with Gasteiger partial charge >= 0.3 is 0 Å². The summed E-state index contributed by atoms with van der Waals surface area (Å²) >= 11 is 0. The predicted molar refractivity (Wildman–Crippen MR) is 186 cm³/mol. The molecule has 5 heterocycles. The topological polar surface area (TPSA) is 35.4 Å². The van der Waals surface area contributed by atoms with Crippen molar-refractivity contribution in [2.75, 3.05) is 0 Å². The minimum atomic E-state index is 0.920. The molecule has 0 bridgehead atoms. The summed E-state index contributed by atoms with van der Waals surface area (Å²) < 4.78 is 11.3. The molecule has 0 spiro atoms. The summed E-state index contributed by atoms with van der Waals surface area (Å²) in [5.41, 5.74) is 11.2. The Kier molecular flexibility index (Phi) is 4.29. The Hall–Kier alpha value is -6.13. The van der Waals surface area contributed by atoms with Gasteiger partial charge in [-0.1, -0.05) is 72.8 Å². The van der Waals surface area contributed by atoms with Gasteiger partial charge in [-0.05, 0) is 65.5 Å². The maximum atomic E-state index is 6.41. The van der Waals surface area contributed by atoms with Crippen LogP contribution in [-0.2, 0) is 0 Å². The van der Waals surface area contributed by atoms with E-state index in [2.05, 4.69) is 135 Å². The second kappa shape index (κ2) is 8.28. The van der Waals surface area contributed by atoms with Crippen molar-refractivity contribution in [2.24, 2.45) is 0 Å². The molecule has 45 heavy (non-hydrogen) atoms. The largest absolute Gasteiger partial charge is 0.456 e. The Bertz CT molecular complexity index is 2980. The quantitative estimate of drug-likeness (QED) is 0.206. The Morgan fingerprint density at radius 3 is 2.09 bits per heavy atom. The first-order chi connectivity index (χ1) is 22.3. The molecule has 11 aromatic rings. The summed E-state index contributed by atoms with van der Waals surface area (Å²) in [6.45, 7) is 0. The number of pyridine rings is 1. The molecule has 4 heteroatoms. The SMILES string of the molecule is c1cncc(-c2cccc(-n3c4ccccc4c4c5c6cccc7c8cccc9oc%10cccc(c%10c98)n(c5ccc43)c76)c2)c1. The number of para-hydroxylation sites is 2. The summed E-state index contributed by atoms with van der Waals surface area (Å²) in [6.07, 6.45) is 3.75. The summed E-state index contributed by atoms with van der Waals surface area (Å²) in [5.74, 6) is 0. The van der Waals surface area contributed by atoms with Crippen LogP contribution in [0.5, 0.6) is 0 Å². The Morgan fingerprint density at radius 1 is 0.467 bits per heavy atom. The van der Waals surface area contributed by atoms with E-state index in [0.717, 1.165) is 33.5 Å². The highest BCUT2D eigenvalue weighted by atomic mass is 16.3. The van der Waals surface area contributed by atoms with E-state index in [-0.39, 0.29) is 0 Å². The van der Waals surface area contributed by atoms with Crippen molar-refractivity contribution in [2.45, 2.75) is 0 Å². The monoisotopic (exact) mass is 573 g/mol. The van der Waals surface area contributed by atoms with Crippen LogP contribution in [-0.4, -0.2) is 14.0 Å². The number of aromatic nitrogens is 3. The minimum absolute atomic E-state index is 0.920. The third kappa shape index (κ3) is 2.89. The first-order valence-corrected chi connectivity index (χ1v) is 15.3. The van der Waals surface area contributed by atoms with E-state index < -0.39 is 0 Å². The first kappa shape index (κ1) is 23.3. The zero-order valence-electron chi connectivity index (χ0n) is 24.0. The highest BCUT2D eigenvalue weighted by Gasteiger charge is 2.23. The van der Waals surface area contributed by atoms with Crippen molar-refractivity contribution < 1.29 is 4.42 Å². The summed E-state index contributed by atoms with van der Waals surface area (Å²) in [4.78, 5) is 4.37. The van der Waals surface area contributed by atoms with Crippen molar-refractivity contribution >= 4 is 81.8 Å². The molecule has 0 saturated heterocycles. The van der Waals surface area contributed by atoms with Gasteiger partial charge in [0, 0.05) is 56.0 Å². The molecule has 5 aromatic heterocycles. The van der Waals surface area contributed by atoms with Gasteiger partial charge in [0.15, 0.2) is 0 Å². The average Bonchev–Trinajstić information content (AvgIpc) is 3.73. The van der Waals surface area contributed by atoms with Gasteiger partial charge in [-0.2, -0.15) is 0 Å². The summed E-state index contributed by atoms with van der Waals surface area (Å²) in [7, 11) is 0. The fraction of sp³-hybridized carbons (Fsp3) is 0. The Balaban J connectivity index is 1.36. The van der Waals surface area contributed by atoms with Crippen molar-refractivity contribution in [3.8, 4) is 16.8 Å². The van der Waals surface area contributed by atoms with Crippen LogP contribution in [0.2, 0.25) is 0 Å². The number of benzene rings is 6. The van der Waals surface area contributed by atoms with Gasteiger partial charge in [-0.25, -0.2) is 0 Å². The maximum Gasteiger partial charge on any atom is 0.137 e. The van der Waals surface area contributed by atoms with Crippen LogP contribution in [0.3, 0.4) is 0 Å². The molecule has 0 aliphatic carbocycles. The molecule has 208 valence electrons. The second-order valence-electron chi connectivity index (χ2n) is 12.0. The number of nitrogens with zero attached hydrogens (tertiary/aromatic N) is 3. The first-order valence-electron chi connectivity index (χ1n) is 15.3. The third-order valence-electron chi connectivity index (χ3n) is 9.72. The molecular formula is C41H23N3O. The highest BCUT2D eigenvalue weighted by molar-refractivity contribution is 6.34. The van der Waals surface area contributed by atoms with Crippen LogP contribution < -0.4 is 0 Å². The van der Waals surface area contributed by atoms with E-state index in [1.165, 1.54) is 65.2 Å². The second-order valence-corrected chi connectivity index (χ2v) is 12.0. The lowest BCUT2D eigenvalue weighted by Gasteiger charge is -2.10. The average molecular weight is 574 g/mol.